The summed E-state index contributed by atoms with van der Waals surface area (Å²) in [6.07, 6.45) is 3.96. The van der Waals surface area contributed by atoms with Crippen molar-refractivity contribution in [2.24, 2.45) is 4.99 Å². The van der Waals surface area contributed by atoms with Crippen LogP contribution in [0.1, 0.15) is 31.7 Å². The molecule has 1 aliphatic carbocycles. The first kappa shape index (κ1) is 23.9. The fourth-order valence-electron chi connectivity index (χ4n) is 3.41. The molecule has 0 atom stereocenters. The number of aliphatic imine (C=N–C) groups is 1. The van der Waals surface area contributed by atoms with Crippen molar-refractivity contribution in [3.05, 3.63) is 35.6 Å². The number of carbonyl (C=O) groups excluding carboxylic acids is 1. The van der Waals surface area contributed by atoms with Crippen molar-refractivity contribution >= 4 is 35.8 Å². The molecule has 0 bridgehead atoms. The van der Waals surface area contributed by atoms with Gasteiger partial charge in [-0.1, -0.05) is 12.1 Å². The Labute approximate surface area is 190 Å². The lowest BCUT2D eigenvalue weighted by Crippen LogP contribution is -2.54. The number of amides is 1. The maximum Gasteiger partial charge on any atom is 0.234 e. The van der Waals surface area contributed by atoms with E-state index in [1.165, 1.54) is 6.07 Å². The van der Waals surface area contributed by atoms with E-state index in [-0.39, 0.29) is 35.7 Å². The standard InChI is InChI=1S/C21H32FN5O.HI/c1-2-23-21(24-10-4-6-17-5-3-7-18(22)15-17)27-13-11-26(12-14-27)16-20(28)25-19-8-9-19;/h3,5,7,15,19H,2,4,6,8-14,16H2,1H3,(H,23,24)(H,25,28);1H. The van der Waals surface area contributed by atoms with Gasteiger partial charge in [0.25, 0.3) is 0 Å². The van der Waals surface area contributed by atoms with Gasteiger partial charge in [-0.25, -0.2) is 4.39 Å². The molecule has 1 amide bonds. The molecule has 1 aliphatic heterocycles. The summed E-state index contributed by atoms with van der Waals surface area (Å²) in [5.41, 5.74) is 1.01. The average molecular weight is 517 g/mol. The monoisotopic (exact) mass is 517 g/mol. The molecule has 2 N–H and O–H groups in total. The van der Waals surface area contributed by atoms with Gasteiger partial charge in [0.05, 0.1) is 6.54 Å². The van der Waals surface area contributed by atoms with Crippen LogP contribution in [0.2, 0.25) is 0 Å². The smallest absolute Gasteiger partial charge is 0.234 e. The van der Waals surface area contributed by atoms with Crippen LogP contribution >= 0.6 is 24.0 Å². The zero-order valence-electron chi connectivity index (χ0n) is 17.2. The van der Waals surface area contributed by atoms with Gasteiger partial charge in [0.2, 0.25) is 5.91 Å². The third kappa shape index (κ3) is 8.46. The highest BCUT2D eigenvalue weighted by molar-refractivity contribution is 14.0. The molecule has 1 aromatic carbocycles. The number of nitrogens with zero attached hydrogens (tertiary/aromatic N) is 3. The first-order valence-corrected chi connectivity index (χ1v) is 10.4. The molecule has 29 heavy (non-hydrogen) atoms. The lowest BCUT2D eigenvalue weighted by molar-refractivity contribution is -0.122. The SMILES string of the molecule is CCNC(=NCCCc1cccc(F)c1)N1CCN(CC(=O)NC2CC2)CC1.I. The summed E-state index contributed by atoms with van der Waals surface area (Å²) in [6.45, 7) is 7.57. The van der Waals surface area contributed by atoms with E-state index in [0.29, 0.717) is 19.1 Å². The molecule has 1 saturated heterocycles. The van der Waals surface area contributed by atoms with Gasteiger partial charge in [-0.05, 0) is 50.3 Å². The normalized spacial score (nSPS) is 17.6. The second-order valence-electron chi connectivity index (χ2n) is 7.57. The van der Waals surface area contributed by atoms with Crippen LogP contribution < -0.4 is 10.6 Å². The predicted octanol–water partition coefficient (Wildman–Crippen LogP) is 2.24. The summed E-state index contributed by atoms with van der Waals surface area (Å²) in [5.74, 6) is 0.899. The molecule has 2 aliphatic rings. The van der Waals surface area contributed by atoms with Gasteiger partial charge in [0, 0.05) is 45.3 Å². The number of piperazine rings is 1. The molecule has 1 aromatic rings. The number of benzene rings is 1. The minimum Gasteiger partial charge on any atom is -0.357 e. The van der Waals surface area contributed by atoms with Gasteiger partial charge >= 0.3 is 0 Å². The molecule has 8 heteroatoms. The van der Waals surface area contributed by atoms with E-state index in [2.05, 4.69) is 27.4 Å². The van der Waals surface area contributed by atoms with Gasteiger partial charge in [-0.2, -0.15) is 0 Å². The number of carbonyl (C=O) groups is 1. The van der Waals surface area contributed by atoms with E-state index in [9.17, 15) is 9.18 Å². The maximum atomic E-state index is 13.3. The van der Waals surface area contributed by atoms with Gasteiger partial charge in [-0.3, -0.25) is 14.7 Å². The fourth-order valence-corrected chi connectivity index (χ4v) is 3.41. The van der Waals surface area contributed by atoms with E-state index < -0.39 is 0 Å². The zero-order chi connectivity index (χ0) is 19.8. The summed E-state index contributed by atoms with van der Waals surface area (Å²) < 4.78 is 13.3. The van der Waals surface area contributed by atoms with E-state index in [1.54, 1.807) is 12.1 Å². The van der Waals surface area contributed by atoms with Gasteiger partial charge < -0.3 is 15.5 Å². The highest BCUT2D eigenvalue weighted by Gasteiger charge is 2.25. The summed E-state index contributed by atoms with van der Waals surface area (Å²) >= 11 is 0. The molecule has 0 unspecified atom stereocenters. The molecule has 2 fully saturated rings. The number of hydrogen-bond acceptors (Lipinski definition) is 3. The van der Waals surface area contributed by atoms with Gasteiger partial charge in [0.1, 0.15) is 5.82 Å². The summed E-state index contributed by atoms with van der Waals surface area (Å²) in [5, 5.41) is 6.42. The van der Waals surface area contributed by atoms with Crippen molar-refractivity contribution in [2.45, 2.75) is 38.6 Å². The molecule has 3 rings (SSSR count). The van der Waals surface area contributed by atoms with Crippen molar-refractivity contribution in [1.29, 1.82) is 0 Å². The van der Waals surface area contributed by atoms with Crippen molar-refractivity contribution < 1.29 is 9.18 Å². The Morgan fingerprint density at radius 2 is 2.00 bits per heavy atom. The second kappa shape index (κ2) is 12.3. The Kier molecular flexibility index (Phi) is 10.1. The van der Waals surface area contributed by atoms with Crippen LogP contribution in [0.4, 0.5) is 4.39 Å². The van der Waals surface area contributed by atoms with E-state index >= 15 is 0 Å². The van der Waals surface area contributed by atoms with Crippen molar-refractivity contribution in [2.75, 3.05) is 45.8 Å². The van der Waals surface area contributed by atoms with Crippen LogP contribution in [0.3, 0.4) is 0 Å². The van der Waals surface area contributed by atoms with Crippen molar-refractivity contribution in [3.8, 4) is 0 Å². The molecular weight excluding hydrogens is 484 g/mol. The van der Waals surface area contributed by atoms with Crippen molar-refractivity contribution in [1.82, 2.24) is 20.4 Å². The molecule has 1 heterocycles. The Hall–Kier alpha value is -1.42. The van der Waals surface area contributed by atoms with Gasteiger partial charge in [0.15, 0.2) is 5.96 Å². The number of aryl methyl sites for hydroxylation is 1. The summed E-state index contributed by atoms with van der Waals surface area (Å²) in [6, 6.07) is 7.20. The van der Waals surface area contributed by atoms with E-state index in [4.69, 9.17) is 4.99 Å². The van der Waals surface area contributed by atoms with Crippen LogP contribution in [-0.4, -0.2) is 73.5 Å². The summed E-state index contributed by atoms with van der Waals surface area (Å²) in [4.78, 5) is 21.2. The molecular formula is C21H33FIN5O. The molecule has 1 saturated carbocycles. The first-order valence-electron chi connectivity index (χ1n) is 10.4. The molecule has 0 aromatic heterocycles. The number of halogens is 2. The first-order chi connectivity index (χ1) is 13.6. The Bertz CT molecular complexity index is 675. The van der Waals surface area contributed by atoms with Crippen molar-refractivity contribution in [3.63, 3.8) is 0 Å². The minimum atomic E-state index is -0.182. The highest BCUT2D eigenvalue weighted by atomic mass is 127. The largest absolute Gasteiger partial charge is 0.357 e. The van der Waals surface area contributed by atoms with Crippen LogP contribution in [0.15, 0.2) is 29.3 Å². The molecule has 6 nitrogen and oxygen atoms in total. The highest BCUT2D eigenvalue weighted by Crippen LogP contribution is 2.18. The topological polar surface area (TPSA) is 60.0 Å². The van der Waals surface area contributed by atoms with Crippen LogP contribution in [0.25, 0.3) is 0 Å². The lowest BCUT2D eigenvalue weighted by Gasteiger charge is -2.36. The number of hydrogen-bond donors (Lipinski definition) is 2. The van der Waals surface area contributed by atoms with Crippen LogP contribution in [0.5, 0.6) is 0 Å². The average Bonchev–Trinajstić information content (AvgIpc) is 3.49. The zero-order valence-corrected chi connectivity index (χ0v) is 19.5. The Balaban J connectivity index is 0.00000300. The van der Waals surface area contributed by atoms with Crippen LogP contribution in [0, 0.1) is 5.82 Å². The Morgan fingerprint density at radius 1 is 1.24 bits per heavy atom. The third-order valence-corrected chi connectivity index (χ3v) is 5.09. The lowest BCUT2D eigenvalue weighted by atomic mass is 10.1. The summed E-state index contributed by atoms with van der Waals surface area (Å²) in [7, 11) is 0. The van der Waals surface area contributed by atoms with E-state index in [0.717, 1.165) is 69.9 Å². The predicted molar refractivity (Wildman–Crippen MR) is 125 cm³/mol. The minimum absolute atomic E-state index is 0. The number of nitrogens with one attached hydrogen (secondary N) is 2. The molecule has 0 radical (unpaired) electrons. The van der Waals surface area contributed by atoms with Crippen LogP contribution in [-0.2, 0) is 11.2 Å². The quantitative estimate of drug-likeness (QED) is 0.241. The number of rotatable bonds is 8. The van der Waals surface area contributed by atoms with E-state index in [1.807, 2.05) is 6.07 Å². The maximum absolute atomic E-state index is 13.3. The molecule has 162 valence electrons. The second-order valence-corrected chi connectivity index (χ2v) is 7.57. The van der Waals surface area contributed by atoms with Gasteiger partial charge in [-0.15, -0.1) is 24.0 Å². The third-order valence-electron chi connectivity index (χ3n) is 5.09. The number of guanidine groups is 1. The molecule has 0 spiro atoms. The Morgan fingerprint density at radius 3 is 2.66 bits per heavy atom. The fraction of sp³-hybridized carbons (Fsp3) is 0.619.